The number of hydrogen-bond donors (Lipinski definition) is 0. The third kappa shape index (κ3) is 5.34. The zero-order valence-corrected chi connectivity index (χ0v) is 27.5. The fraction of sp³-hybridized carbons (Fsp3) is 0. The normalized spacial score (nSPS) is 11.2. The standard InChI is InChI=1S/C48H34N2/c1-4-14-35(15-5-1)36-24-26-37(27-25-36)38-28-30-41(31-29-38)49(46-22-12-10-20-43(46)39-16-6-2-7-17-39)42-32-33-45-44-21-11-13-23-47(44)50(48(45)34-42)40-18-8-3-9-19-40/h1-34H. The van der Waals surface area contributed by atoms with E-state index in [0.29, 0.717) is 0 Å². The molecule has 2 nitrogen and oxygen atoms in total. The summed E-state index contributed by atoms with van der Waals surface area (Å²) in [5, 5.41) is 2.48. The topological polar surface area (TPSA) is 8.17 Å². The van der Waals surface area contributed by atoms with Crippen LogP contribution in [0.2, 0.25) is 0 Å². The Kier molecular flexibility index (Phi) is 7.53. The van der Waals surface area contributed by atoms with Crippen LogP contribution in [0.5, 0.6) is 0 Å². The molecule has 1 heterocycles. The van der Waals surface area contributed by atoms with Crippen molar-refractivity contribution in [1.29, 1.82) is 0 Å². The molecule has 9 aromatic rings. The van der Waals surface area contributed by atoms with Gasteiger partial charge >= 0.3 is 0 Å². The first-order chi connectivity index (χ1) is 24.8. The number of hydrogen-bond acceptors (Lipinski definition) is 1. The molecule has 0 saturated heterocycles. The van der Waals surface area contributed by atoms with Crippen molar-refractivity contribution in [3.05, 3.63) is 206 Å². The highest BCUT2D eigenvalue weighted by Gasteiger charge is 2.20. The van der Waals surface area contributed by atoms with Crippen LogP contribution in [0, 0.1) is 0 Å². The fourth-order valence-electron chi connectivity index (χ4n) is 7.20. The number of benzene rings is 8. The van der Waals surface area contributed by atoms with Crippen LogP contribution < -0.4 is 4.90 Å². The maximum absolute atomic E-state index is 2.40. The van der Waals surface area contributed by atoms with Gasteiger partial charge in [-0.2, -0.15) is 0 Å². The second-order valence-electron chi connectivity index (χ2n) is 12.6. The number of fused-ring (bicyclic) bond motifs is 3. The zero-order chi connectivity index (χ0) is 33.3. The number of aromatic nitrogens is 1. The highest BCUT2D eigenvalue weighted by Crippen LogP contribution is 2.43. The van der Waals surface area contributed by atoms with Crippen molar-refractivity contribution in [2.24, 2.45) is 0 Å². The lowest BCUT2D eigenvalue weighted by molar-refractivity contribution is 1.18. The molecule has 1 aromatic heterocycles. The van der Waals surface area contributed by atoms with Crippen LogP contribution in [-0.4, -0.2) is 4.57 Å². The maximum atomic E-state index is 2.40. The molecule has 0 aliphatic rings. The van der Waals surface area contributed by atoms with Crippen LogP contribution in [0.4, 0.5) is 17.1 Å². The molecule has 9 rings (SSSR count). The van der Waals surface area contributed by atoms with E-state index in [1.165, 1.54) is 55.2 Å². The van der Waals surface area contributed by atoms with Gasteiger partial charge in [-0.1, -0.05) is 158 Å². The van der Waals surface area contributed by atoms with Gasteiger partial charge in [-0.25, -0.2) is 0 Å². The lowest BCUT2D eigenvalue weighted by atomic mass is 9.99. The van der Waals surface area contributed by atoms with Gasteiger partial charge in [-0.15, -0.1) is 0 Å². The molecule has 236 valence electrons. The van der Waals surface area contributed by atoms with Gasteiger partial charge in [0.25, 0.3) is 0 Å². The summed E-state index contributed by atoms with van der Waals surface area (Å²) < 4.78 is 2.39. The monoisotopic (exact) mass is 638 g/mol. The molecule has 0 fully saturated rings. The van der Waals surface area contributed by atoms with Crippen LogP contribution >= 0.6 is 0 Å². The highest BCUT2D eigenvalue weighted by molar-refractivity contribution is 6.10. The largest absolute Gasteiger partial charge is 0.310 e. The van der Waals surface area contributed by atoms with Gasteiger partial charge in [0.1, 0.15) is 0 Å². The molecule has 0 radical (unpaired) electrons. The van der Waals surface area contributed by atoms with E-state index in [1.54, 1.807) is 0 Å². The second-order valence-corrected chi connectivity index (χ2v) is 12.6. The molecule has 2 heteroatoms. The van der Waals surface area contributed by atoms with Crippen molar-refractivity contribution in [3.8, 4) is 39.1 Å². The SMILES string of the molecule is c1ccc(-c2ccc(-c3ccc(N(c4ccc5c6ccccc6n(-c6ccccc6)c5c4)c4ccccc4-c4ccccc4)cc3)cc2)cc1. The summed E-state index contributed by atoms with van der Waals surface area (Å²) in [7, 11) is 0. The lowest BCUT2D eigenvalue weighted by Crippen LogP contribution is -2.11. The van der Waals surface area contributed by atoms with E-state index in [9.17, 15) is 0 Å². The minimum absolute atomic E-state index is 1.10. The Morgan fingerprint density at radius 2 is 0.800 bits per heavy atom. The first-order valence-electron chi connectivity index (χ1n) is 17.1. The number of anilines is 3. The molecule has 0 aliphatic heterocycles. The summed E-state index contributed by atoms with van der Waals surface area (Å²) in [5.74, 6) is 0. The van der Waals surface area contributed by atoms with Crippen molar-refractivity contribution in [2.45, 2.75) is 0 Å². The number of nitrogens with zero attached hydrogens (tertiary/aromatic N) is 2. The molecule has 0 saturated carbocycles. The average molecular weight is 639 g/mol. The van der Waals surface area contributed by atoms with Crippen LogP contribution in [0.25, 0.3) is 60.9 Å². The number of rotatable bonds is 7. The van der Waals surface area contributed by atoms with E-state index in [1.807, 2.05) is 0 Å². The predicted octanol–water partition coefficient (Wildman–Crippen LogP) is 13.3. The van der Waals surface area contributed by atoms with E-state index in [2.05, 4.69) is 216 Å². The van der Waals surface area contributed by atoms with Gasteiger partial charge in [0.05, 0.1) is 16.7 Å². The smallest absolute Gasteiger partial charge is 0.0561 e. The molecule has 0 N–H and O–H groups in total. The Labute approximate surface area is 292 Å². The fourth-order valence-corrected chi connectivity index (χ4v) is 7.20. The lowest BCUT2D eigenvalue weighted by Gasteiger charge is -2.28. The zero-order valence-electron chi connectivity index (χ0n) is 27.5. The van der Waals surface area contributed by atoms with E-state index < -0.39 is 0 Å². The summed E-state index contributed by atoms with van der Waals surface area (Å²) in [6.07, 6.45) is 0. The summed E-state index contributed by atoms with van der Waals surface area (Å²) in [6.45, 7) is 0. The van der Waals surface area contributed by atoms with Crippen LogP contribution in [0.3, 0.4) is 0 Å². The molecule has 0 amide bonds. The molecular formula is C48H34N2. The van der Waals surface area contributed by atoms with Crippen LogP contribution in [-0.2, 0) is 0 Å². The highest BCUT2D eigenvalue weighted by atomic mass is 15.1. The van der Waals surface area contributed by atoms with Gasteiger partial charge in [0.15, 0.2) is 0 Å². The Balaban J connectivity index is 1.20. The molecule has 0 atom stereocenters. The maximum Gasteiger partial charge on any atom is 0.0561 e. The Morgan fingerprint density at radius 3 is 1.48 bits per heavy atom. The molecule has 0 bridgehead atoms. The Hall–Kier alpha value is -6.64. The van der Waals surface area contributed by atoms with Crippen molar-refractivity contribution in [3.63, 3.8) is 0 Å². The molecule has 0 aliphatic carbocycles. The van der Waals surface area contributed by atoms with Crippen molar-refractivity contribution >= 4 is 38.9 Å². The van der Waals surface area contributed by atoms with Gasteiger partial charge in [-0.05, 0) is 76.3 Å². The minimum Gasteiger partial charge on any atom is -0.310 e. The van der Waals surface area contributed by atoms with Crippen LogP contribution in [0.1, 0.15) is 0 Å². The quantitative estimate of drug-likeness (QED) is 0.169. The summed E-state index contributed by atoms with van der Waals surface area (Å²) in [4.78, 5) is 2.40. The van der Waals surface area contributed by atoms with Crippen molar-refractivity contribution < 1.29 is 0 Å². The second kappa shape index (κ2) is 12.8. The minimum atomic E-state index is 1.10. The van der Waals surface area contributed by atoms with Gasteiger partial charge < -0.3 is 9.47 Å². The third-order valence-corrected chi connectivity index (χ3v) is 9.61. The summed E-state index contributed by atoms with van der Waals surface area (Å²) >= 11 is 0. The van der Waals surface area contributed by atoms with E-state index in [4.69, 9.17) is 0 Å². The molecule has 0 unspecified atom stereocenters. The number of para-hydroxylation sites is 3. The molecular weight excluding hydrogens is 605 g/mol. The van der Waals surface area contributed by atoms with Gasteiger partial charge in [0.2, 0.25) is 0 Å². The van der Waals surface area contributed by atoms with Gasteiger partial charge in [-0.3, -0.25) is 0 Å². The first-order valence-corrected chi connectivity index (χ1v) is 17.1. The molecule has 8 aromatic carbocycles. The molecule has 50 heavy (non-hydrogen) atoms. The Bertz CT molecular complexity index is 2550. The van der Waals surface area contributed by atoms with Crippen LogP contribution in [0.15, 0.2) is 206 Å². The average Bonchev–Trinajstić information content (AvgIpc) is 3.53. The van der Waals surface area contributed by atoms with E-state index in [-0.39, 0.29) is 0 Å². The van der Waals surface area contributed by atoms with Crippen molar-refractivity contribution in [2.75, 3.05) is 4.90 Å². The molecule has 0 spiro atoms. The predicted molar refractivity (Wildman–Crippen MR) is 212 cm³/mol. The first kappa shape index (κ1) is 29.5. The van der Waals surface area contributed by atoms with E-state index in [0.717, 1.165) is 22.7 Å². The van der Waals surface area contributed by atoms with Crippen molar-refractivity contribution in [1.82, 2.24) is 4.57 Å². The summed E-state index contributed by atoms with van der Waals surface area (Å²) in [5.41, 5.74) is 14.0. The summed E-state index contributed by atoms with van der Waals surface area (Å²) in [6, 6.07) is 74.0. The Morgan fingerprint density at radius 1 is 0.320 bits per heavy atom. The van der Waals surface area contributed by atoms with E-state index >= 15 is 0 Å². The third-order valence-electron chi connectivity index (χ3n) is 9.61. The van der Waals surface area contributed by atoms with Gasteiger partial charge in [0, 0.05) is 33.4 Å².